The fraction of sp³-hybridized carbons (Fsp3) is 0.257. The number of benzene rings is 4. The van der Waals surface area contributed by atoms with E-state index in [4.69, 9.17) is 16.3 Å². The van der Waals surface area contributed by atoms with Crippen molar-refractivity contribution in [2.45, 2.75) is 50.2 Å². The average molecular weight is 666 g/mol. The lowest BCUT2D eigenvalue weighted by atomic mass is 10.0. The van der Waals surface area contributed by atoms with Gasteiger partial charge in [0.05, 0.1) is 22.7 Å². The molecule has 0 fully saturated rings. The third-order valence-electron chi connectivity index (χ3n) is 7.60. The number of carbonyl (C=O) groups is 2. The predicted molar refractivity (Wildman–Crippen MR) is 178 cm³/mol. The number of hydrogen-bond acceptors (Lipinski definition) is 5. The van der Waals surface area contributed by atoms with E-state index in [1.54, 1.807) is 24.3 Å². The van der Waals surface area contributed by atoms with E-state index in [2.05, 4.69) is 5.32 Å². The number of halogens is 2. The molecule has 0 radical (unpaired) electrons. The highest BCUT2D eigenvalue weighted by atomic mass is 35.5. The van der Waals surface area contributed by atoms with Gasteiger partial charge in [-0.05, 0) is 55.3 Å². The van der Waals surface area contributed by atoms with E-state index in [1.807, 2.05) is 44.2 Å². The molecule has 0 bridgehead atoms. The molecule has 0 saturated heterocycles. The van der Waals surface area contributed by atoms with Gasteiger partial charge in [-0.1, -0.05) is 85.3 Å². The molecule has 0 heterocycles. The molecule has 46 heavy (non-hydrogen) atoms. The Balaban J connectivity index is 1.83. The van der Waals surface area contributed by atoms with Crippen LogP contribution in [0, 0.1) is 5.82 Å². The number of nitrogens with zero attached hydrogens (tertiary/aromatic N) is 2. The number of methoxy groups -OCH3 is 1. The summed E-state index contributed by atoms with van der Waals surface area (Å²) in [5.41, 5.74) is 1.06. The topological polar surface area (TPSA) is 96.0 Å². The first-order valence-corrected chi connectivity index (χ1v) is 16.7. The lowest BCUT2D eigenvalue weighted by molar-refractivity contribution is -0.140. The van der Waals surface area contributed by atoms with Crippen molar-refractivity contribution in [2.24, 2.45) is 0 Å². The Bertz CT molecular complexity index is 1740. The molecule has 11 heteroatoms. The van der Waals surface area contributed by atoms with Crippen molar-refractivity contribution in [3.63, 3.8) is 0 Å². The third-order valence-corrected chi connectivity index (χ3v) is 9.69. The summed E-state index contributed by atoms with van der Waals surface area (Å²) in [6.45, 7) is 2.80. The summed E-state index contributed by atoms with van der Waals surface area (Å²) in [6, 6.07) is 25.9. The van der Waals surface area contributed by atoms with Gasteiger partial charge in [0.15, 0.2) is 0 Å². The van der Waals surface area contributed by atoms with Crippen molar-refractivity contribution in [3.05, 3.63) is 125 Å². The Hall–Kier alpha value is -4.41. The van der Waals surface area contributed by atoms with Gasteiger partial charge in [-0.15, -0.1) is 0 Å². The van der Waals surface area contributed by atoms with Crippen LogP contribution in [0.15, 0.2) is 108 Å². The summed E-state index contributed by atoms with van der Waals surface area (Å²) >= 11 is 6.40. The van der Waals surface area contributed by atoms with E-state index in [0.29, 0.717) is 12.2 Å². The SMILES string of the molecule is CCC(C)NC(=O)C(Cc1ccccc1)N(Cc1ccccc1F)C(=O)CN(c1ccc(OC)c(Cl)c1)S(=O)(=O)c1ccccc1. The molecule has 4 aromatic carbocycles. The summed E-state index contributed by atoms with van der Waals surface area (Å²) in [5, 5.41) is 3.09. The van der Waals surface area contributed by atoms with Crippen molar-refractivity contribution < 1.29 is 27.1 Å². The van der Waals surface area contributed by atoms with Crippen LogP contribution >= 0.6 is 11.6 Å². The molecule has 0 spiro atoms. The molecule has 1 N–H and O–H groups in total. The predicted octanol–water partition coefficient (Wildman–Crippen LogP) is 6.24. The molecule has 0 aromatic heterocycles. The fourth-order valence-electron chi connectivity index (χ4n) is 4.86. The number of sulfonamides is 1. The molecular weight excluding hydrogens is 629 g/mol. The minimum atomic E-state index is -4.32. The number of anilines is 1. The Morgan fingerprint density at radius 2 is 1.57 bits per heavy atom. The van der Waals surface area contributed by atoms with Crippen LogP contribution < -0.4 is 14.4 Å². The number of carbonyl (C=O) groups excluding carboxylic acids is 2. The largest absolute Gasteiger partial charge is 0.495 e. The maximum Gasteiger partial charge on any atom is 0.264 e. The van der Waals surface area contributed by atoms with E-state index in [0.717, 1.165) is 9.87 Å². The third kappa shape index (κ3) is 8.44. The Morgan fingerprint density at radius 3 is 2.17 bits per heavy atom. The summed E-state index contributed by atoms with van der Waals surface area (Å²) in [5.74, 6) is -1.39. The molecule has 4 aromatic rings. The summed E-state index contributed by atoms with van der Waals surface area (Å²) < 4.78 is 49.4. The van der Waals surface area contributed by atoms with Crippen molar-refractivity contribution in [1.29, 1.82) is 0 Å². The second-order valence-electron chi connectivity index (χ2n) is 10.8. The van der Waals surface area contributed by atoms with Crippen molar-refractivity contribution in [3.8, 4) is 5.75 Å². The summed E-state index contributed by atoms with van der Waals surface area (Å²) in [4.78, 5) is 29.5. The Labute approximate surface area is 274 Å². The molecule has 2 amide bonds. The van der Waals surface area contributed by atoms with E-state index in [9.17, 15) is 18.0 Å². The normalized spacial score (nSPS) is 12.5. The molecular formula is C35H37ClFN3O5S. The van der Waals surface area contributed by atoms with E-state index in [-0.39, 0.29) is 40.2 Å². The summed E-state index contributed by atoms with van der Waals surface area (Å²) in [7, 11) is -2.88. The molecule has 0 saturated carbocycles. The van der Waals surface area contributed by atoms with E-state index < -0.39 is 40.2 Å². The Kier molecular flexibility index (Phi) is 11.8. The van der Waals surface area contributed by atoms with Gasteiger partial charge in [0.25, 0.3) is 10.0 Å². The molecule has 0 aliphatic carbocycles. The highest BCUT2D eigenvalue weighted by molar-refractivity contribution is 7.92. The standard InChI is InChI=1S/C35H37ClFN3O5S/c1-4-25(2)38-35(42)32(21-26-13-7-5-8-14-26)39(23-27-15-11-12-18-31(27)37)34(41)24-40(28-19-20-33(45-3)30(36)22-28)46(43,44)29-16-9-6-10-17-29/h5-20,22,25,32H,4,21,23-24H2,1-3H3,(H,38,42). The van der Waals surface area contributed by atoms with Crippen LogP contribution in [0.4, 0.5) is 10.1 Å². The van der Waals surface area contributed by atoms with Gasteiger partial charge in [-0.3, -0.25) is 13.9 Å². The van der Waals surface area contributed by atoms with Crippen molar-refractivity contribution in [2.75, 3.05) is 18.0 Å². The van der Waals surface area contributed by atoms with Gasteiger partial charge in [0, 0.05) is 24.6 Å². The molecule has 2 atom stereocenters. The quantitative estimate of drug-likeness (QED) is 0.172. The maximum absolute atomic E-state index is 15.1. The van der Waals surface area contributed by atoms with Crippen LogP contribution in [0.5, 0.6) is 5.75 Å². The van der Waals surface area contributed by atoms with Gasteiger partial charge in [0.1, 0.15) is 24.2 Å². The molecule has 2 unspecified atom stereocenters. The molecule has 0 aliphatic heterocycles. The lowest BCUT2D eigenvalue weighted by Gasteiger charge is -2.34. The highest BCUT2D eigenvalue weighted by Gasteiger charge is 2.35. The second kappa shape index (κ2) is 15.7. The molecule has 242 valence electrons. The highest BCUT2D eigenvalue weighted by Crippen LogP contribution is 2.32. The minimum absolute atomic E-state index is 0.0502. The molecule has 4 rings (SSSR count). The zero-order valence-corrected chi connectivity index (χ0v) is 27.5. The van der Waals surface area contributed by atoms with Crippen LogP contribution in [-0.4, -0.2) is 50.9 Å². The zero-order valence-electron chi connectivity index (χ0n) is 25.9. The maximum atomic E-state index is 15.1. The first-order valence-electron chi connectivity index (χ1n) is 14.8. The molecule has 8 nitrogen and oxygen atoms in total. The van der Waals surface area contributed by atoms with Crippen LogP contribution in [0.2, 0.25) is 5.02 Å². The number of nitrogens with one attached hydrogen (secondary N) is 1. The Morgan fingerprint density at radius 1 is 0.935 bits per heavy atom. The van der Waals surface area contributed by atoms with Crippen LogP contribution in [0.25, 0.3) is 0 Å². The first-order chi connectivity index (χ1) is 22.0. The average Bonchev–Trinajstić information content (AvgIpc) is 3.06. The van der Waals surface area contributed by atoms with Gasteiger partial charge in [-0.2, -0.15) is 0 Å². The van der Waals surface area contributed by atoms with Gasteiger partial charge in [-0.25, -0.2) is 12.8 Å². The van der Waals surface area contributed by atoms with Crippen molar-refractivity contribution in [1.82, 2.24) is 10.2 Å². The van der Waals surface area contributed by atoms with Crippen LogP contribution in [-0.2, 0) is 32.6 Å². The number of ether oxygens (including phenoxy) is 1. The van der Waals surface area contributed by atoms with Crippen molar-refractivity contribution >= 4 is 39.1 Å². The van der Waals surface area contributed by atoms with E-state index in [1.165, 1.54) is 60.5 Å². The van der Waals surface area contributed by atoms with Gasteiger partial charge in [0.2, 0.25) is 11.8 Å². The van der Waals surface area contributed by atoms with Gasteiger partial charge >= 0.3 is 0 Å². The summed E-state index contributed by atoms with van der Waals surface area (Å²) in [6.07, 6.45) is 0.759. The monoisotopic (exact) mass is 665 g/mol. The van der Waals surface area contributed by atoms with E-state index >= 15 is 4.39 Å². The fourth-order valence-corrected chi connectivity index (χ4v) is 6.54. The smallest absolute Gasteiger partial charge is 0.264 e. The number of amides is 2. The second-order valence-corrected chi connectivity index (χ2v) is 13.0. The first kappa shape index (κ1) is 34.5. The number of rotatable bonds is 14. The molecule has 0 aliphatic rings. The minimum Gasteiger partial charge on any atom is -0.495 e. The van der Waals surface area contributed by atoms with Crippen LogP contribution in [0.1, 0.15) is 31.4 Å². The number of hydrogen-bond donors (Lipinski definition) is 1. The zero-order chi connectivity index (χ0) is 33.3. The van der Waals surface area contributed by atoms with Gasteiger partial charge < -0.3 is 15.0 Å². The van der Waals surface area contributed by atoms with Crippen LogP contribution in [0.3, 0.4) is 0 Å². The lowest BCUT2D eigenvalue weighted by Crippen LogP contribution is -2.54.